The summed E-state index contributed by atoms with van der Waals surface area (Å²) in [6.07, 6.45) is 1.81. The zero-order chi connectivity index (χ0) is 22.0. The van der Waals surface area contributed by atoms with Gasteiger partial charge in [0.25, 0.3) is 5.91 Å². The Balaban J connectivity index is 1.30. The van der Waals surface area contributed by atoms with Crippen LogP contribution in [0.3, 0.4) is 0 Å². The maximum absolute atomic E-state index is 12.4. The summed E-state index contributed by atoms with van der Waals surface area (Å²) in [7, 11) is 3.93. The summed E-state index contributed by atoms with van der Waals surface area (Å²) in [6.45, 7) is 0.811. The van der Waals surface area contributed by atoms with E-state index in [0.717, 1.165) is 36.3 Å². The fourth-order valence-corrected chi connectivity index (χ4v) is 3.94. The number of benzene rings is 2. The number of fused-ring (bicyclic) bond motifs is 3. The highest BCUT2D eigenvalue weighted by molar-refractivity contribution is 6.05. The van der Waals surface area contributed by atoms with Crippen molar-refractivity contribution in [2.24, 2.45) is 0 Å². The Kier molecular flexibility index (Phi) is 5.79. The molecule has 2 amide bonds. The number of hydrogen-bond acceptors (Lipinski definition) is 6. The molecule has 0 unspecified atom stereocenters. The number of esters is 1. The van der Waals surface area contributed by atoms with Crippen LogP contribution in [0.1, 0.15) is 28.8 Å². The Morgan fingerprint density at radius 2 is 1.97 bits per heavy atom. The first-order valence-electron chi connectivity index (χ1n) is 10.3. The summed E-state index contributed by atoms with van der Waals surface area (Å²) in [5, 5.41) is 5.61. The minimum atomic E-state index is -0.605. The molecule has 0 spiro atoms. The first kappa shape index (κ1) is 20.7. The van der Waals surface area contributed by atoms with Crippen LogP contribution in [0.15, 0.2) is 42.5 Å². The van der Waals surface area contributed by atoms with E-state index >= 15 is 0 Å². The largest absolute Gasteiger partial charge is 0.452 e. The number of carbonyl (C=O) groups is 3. The highest BCUT2D eigenvalue weighted by atomic mass is 16.5. The summed E-state index contributed by atoms with van der Waals surface area (Å²) in [4.78, 5) is 40.8. The lowest BCUT2D eigenvalue weighted by atomic mass is 10.1. The van der Waals surface area contributed by atoms with E-state index in [1.165, 1.54) is 0 Å². The van der Waals surface area contributed by atoms with Crippen LogP contribution < -0.4 is 20.4 Å². The van der Waals surface area contributed by atoms with E-state index in [2.05, 4.69) is 15.5 Å². The van der Waals surface area contributed by atoms with E-state index in [1.807, 2.05) is 49.3 Å². The van der Waals surface area contributed by atoms with Crippen molar-refractivity contribution in [1.29, 1.82) is 0 Å². The fourth-order valence-electron chi connectivity index (χ4n) is 3.94. The fraction of sp³-hybridized carbons (Fsp3) is 0.348. The predicted molar refractivity (Wildman–Crippen MR) is 118 cm³/mol. The number of anilines is 3. The molecule has 2 aliphatic rings. The van der Waals surface area contributed by atoms with E-state index in [-0.39, 0.29) is 24.5 Å². The minimum absolute atomic E-state index is 0.0477. The number of ether oxygens (including phenoxy) is 1. The van der Waals surface area contributed by atoms with E-state index in [0.29, 0.717) is 17.8 Å². The van der Waals surface area contributed by atoms with E-state index in [1.54, 1.807) is 12.1 Å². The molecule has 0 saturated carbocycles. The molecule has 0 radical (unpaired) electrons. The predicted octanol–water partition coefficient (Wildman–Crippen LogP) is 2.15. The molecule has 1 fully saturated rings. The smallest absolute Gasteiger partial charge is 0.338 e. The molecule has 2 aliphatic heterocycles. The van der Waals surface area contributed by atoms with Crippen molar-refractivity contribution in [2.75, 3.05) is 42.4 Å². The van der Waals surface area contributed by atoms with Gasteiger partial charge < -0.3 is 25.2 Å². The van der Waals surface area contributed by atoms with E-state index < -0.39 is 5.97 Å². The van der Waals surface area contributed by atoms with Gasteiger partial charge in [-0.2, -0.15) is 0 Å². The van der Waals surface area contributed by atoms with Gasteiger partial charge in [0.05, 0.1) is 16.9 Å². The number of rotatable bonds is 6. The maximum atomic E-state index is 12.4. The number of nitrogens with zero attached hydrogens (tertiary/aromatic N) is 2. The summed E-state index contributed by atoms with van der Waals surface area (Å²) in [5.41, 5.74) is 3.84. The lowest BCUT2D eigenvalue weighted by Gasteiger charge is -2.33. The van der Waals surface area contributed by atoms with Gasteiger partial charge in [-0.1, -0.05) is 12.1 Å². The molecular weight excluding hydrogens is 396 g/mol. The average Bonchev–Trinajstić information content (AvgIpc) is 3.27. The van der Waals surface area contributed by atoms with Crippen molar-refractivity contribution < 1.29 is 19.1 Å². The average molecular weight is 422 g/mol. The Morgan fingerprint density at radius 1 is 1.19 bits per heavy atom. The maximum Gasteiger partial charge on any atom is 0.338 e. The van der Waals surface area contributed by atoms with Gasteiger partial charge in [0.2, 0.25) is 5.91 Å². The Labute approximate surface area is 181 Å². The zero-order valence-electron chi connectivity index (χ0n) is 17.7. The first-order chi connectivity index (χ1) is 14.9. The normalized spacial score (nSPS) is 16.8. The third kappa shape index (κ3) is 4.47. The van der Waals surface area contributed by atoms with Crippen LogP contribution in [-0.2, 0) is 20.9 Å². The second-order valence-corrected chi connectivity index (χ2v) is 7.99. The molecule has 0 aliphatic carbocycles. The van der Waals surface area contributed by atoms with Gasteiger partial charge in [-0.05, 0) is 48.7 Å². The van der Waals surface area contributed by atoms with Crippen molar-refractivity contribution >= 4 is 34.8 Å². The summed E-state index contributed by atoms with van der Waals surface area (Å²) < 4.78 is 5.15. The van der Waals surface area contributed by atoms with Gasteiger partial charge in [-0.25, -0.2) is 4.79 Å². The van der Waals surface area contributed by atoms with Gasteiger partial charge in [0, 0.05) is 32.9 Å². The summed E-state index contributed by atoms with van der Waals surface area (Å²) in [6, 6.07) is 12.8. The van der Waals surface area contributed by atoms with Crippen LogP contribution in [0.25, 0.3) is 0 Å². The van der Waals surface area contributed by atoms with Crippen molar-refractivity contribution in [2.45, 2.75) is 25.4 Å². The number of nitrogens with one attached hydrogen (secondary N) is 2. The molecule has 1 saturated heterocycles. The molecular formula is C23H26N4O4. The zero-order valence-corrected chi connectivity index (χ0v) is 17.7. The number of amides is 2. The summed E-state index contributed by atoms with van der Waals surface area (Å²) in [5.74, 6) is -1.03. The molecule has 31 heavy (non-hydrogen) atoms. The third-order valence-electron chi connectivity index (χ3n) is 5.63. The Morgan fingerprint density at radius 3 is 2.71 bits per heavy atom. The third-order valence-corrected chi connectivity index (χ3v) is 5.63. The molecule has 0 aromatic heterocycles. The first-order valence-corrected chi connectivity index (χ1v) is 10.3. The van der Waals surface area contributed by atoms with Gasteiger partial charge >= 0.3 is 5.97 Å². The van der Waals surface area contributed by atoms with Gasteiger partial charge in [-0.15, -0.1) is 0 Å². The number of carbonyl (C=O) groups excluding carboxylic acids is 3. The van der Waals surface area contributed by atoms with Gasteiger partial charge in [0.15, 0.2) is 6.61 Å². The second kappa shape index (κ2) is 8.67. The monoisotopic (exact) mass is 422 g/mol. The van der Waals surface area contributed by atoms with Crippen molar-refractivity contribution in [3.05, 3.63) is 53.6 Å². The Hall–Kier alpha value is -3.55. The van der Waals surface area contributed by atoms with Crippen molar-refractivity contribution in [3.63, 3.8) is 0 Å². The molecule has 1 atom stereocenters. The quantitative estimate of drug-likeness (QED) is 0.694. The molecule has 0 bridgehead atoms. The van der Waals surface area contributed by atoms with Crippen LogP contribution in [-0.4, -0.2) is 51.1 Å². The molecule has 2 aromatic rings. The molecule has 2 aromatic carbocycles. The van der Waals surface area contributed by atoms with Gasteiger partial charge in [-0.3, -0.25) is 9.59 Å². The van der Waals surface area contributed by atoms with Crippen LogP contribution in [0, 0.1) is 0 Å². The standard InChI is InChI=1S/C23H26N4O4/c1-26(2)17-8-5-15(6-9-17)13-24-21(28)14-31-23(30)16-7-10-19-18(12-16)25-22(29)20-4-3-11-27(19)20/h5-10,12,20H,3-4,11,13-14H2,1-2H3,(H,24,28)(H,25,29)/t20-/m0/s1. The molecule has 8 heteroatoms. The van der Waals surface area contributed by atoms with Crippen LogP contribution in [0.5, 0.6) is 0 Å². The molecule has 8 nitrogen and oxygen atoms in total. The minimum Gasteiger partial charge on any atom is -0.452 e. The Bertz CT molecular complexity index is 1000. The van der Waals surface area contributed by atoms with E-state index in [9.17, 15) is 14.4 Å². The van der Waals surface area contributed by atoms with Gasteiger partial charge in [0.1, 0.15) is 6.04 Å². The van der Waals surface area contributed by atoms with Crippen LogP contribution in [0.2, 0.25) is 0 Å². The van der Waals surface area contributed by atoms with E-state index in [4.69, 9.17) is 4.74 Å². The summed E-state index contributed by atoms with van der Waals surface area (Å²) >= 11 is 0. The number of hydrogen-bond donors (Lipinski definition) is 2. The highest BCUT2D eigenvalue weighted by Gasteiger charge is 2.36. The highest BCUT2D eigenvalue weighted by Crippen LogP contribution is 2.37. The topological polar surface area (TPSA) is 91.0 Å². The SMILES string of the molecule is CN(C)c1ccc(CNC(=O)COC(=O)c2ccc3c(c2)NC(=O)[C@@H]2CCCN32)cc1. The van der Waals surface area contributed by atoms with Crippen molar-refractivity contribution in [1.82, 2.24) is 5.32 Å². The van der Waals surface area contributed by atoms with Crippen LogP contribution in [0.4, 0.5) is 17.1 Å². The molecule has 2 heterocycles. The van der Waals surface area contributed by atoms with Crippen LogP contribution >= 0.6 is 0 Å². The molecule has 162 valence electrons. The second-order valence-electron chi connectivity index (χ2n) is 7.99. The lowest BCUT2D eigenvalue weighted by Crippen LogP contribution is -2.43. The molecule has 2 N–H and O–H groups in total. The molecule has 4 rings (SSSR count). The van der Waals surface area contributed by atoms with Crippen molar-refractivity contribution in [3.8, 4) is 0 Å². The lowest BCUT2D eigenvalue weighted by molar-refractivity contribution is -0.124.